The molecule has 1 atom stereocenters. The number of nitrogens with zero attached hydrogens (tertiary/aromatic N) is 3. The van der Waals surface area contributed by atoms with Crippen molar-refractivity contribution in [3.8, 4) is 0 Å². The van der Waals surface area contributed by atoms with Gasteiger partial charge in [0.05, 0.1) is 0 Å². The highest BCUT2D eigenvalue weighted by Gasteiger charge is 2.16. The molecule has 6 nitrogen and oxygen atoms in total. The largest absolute Gasteiger partial charge is 0.406 e. The first kappa shape index (κ1) is 20.7. The molecule has 0 bridgehead atoms. The average Bonchev–Trinajstić information content (AvgIpc) is 3.05. The molecule has 0 saturated carbocycles. The number of piperidine rings is 1. The molecule has 1 fully saturated rings. The van der Waals surface area contributed by atoms with Gasteiger partial charge in [0.2, 0.25) is 5.89 Å². The summed E-state index contributed by atoms with van der Waals surface area (Å²) >= 11 is 0. The van der Waals surface area contributed by atoms with E-state index in [4.69, 9.17) is 10.2 Å². The van der Waals surface area contributed by atoms with Crippen LogP contribution in [0.5, 0.6) is 0 Å². The van der Waals surface area contributed by atoms with E-state index in [1.54, 1.807) is 0 Å². The van der Waals surface area contributed by atoms with Crippen LogP contribution in [0, 0.1) is 0 Å². The second-order valence-corrected chi connectivity index (χ2v) is 5.66. The van der Waals surface area contributed by atoms with Gasteiger partial charge in [-0.3, -0.25) is 0 Å². The molecule has 0 radical (unpaired) electrons. The van der Waals surface area contributed by atoms with Crippen LogP contribution in [0.15, 0.2) is 34.7 Å². The molecule has 1 saturated heterocycles. The molecule has 2 heterocycles. The summed E-state index contributed by atoms with van der Waals surface area (Å²) in [5, 5.41) is 11.2. The van der Waals surface area contributed by atoms with Crippen LogP contribution in [0.1, 0.15) is 36.8 Å². The van der Waals surface area contributed by atoms with Crippen molar-refractivity contribution in [2.75, 3.05) is 31.5 Å². The molecule has 1 aromatic heterocycles. The maximum Gasteiger partial charge on any atom is 0.315 e. The lowest BCUT2D eigenvalue weighted by molar-refractivity contribution is 0.236. The Morgan fingerprint density at radius 2 is 1.79 bits per heavy atom. The van der Waals surface area contributed by atoms with E-state index in [0.29, 0.717) is 11.9 Å². The number of aromatic nitrogens is 2. The Labute approximate surface area is 155 Å². The Hall–Kier alpha value is -1.34. The molecule has 1 aromatic carbocycles. The first-order valence-electron chi connectivity index (χ1n) is 7.93. The second kappa shape index (κ2) is 10.5. The minimum Gasteiger partial charge on any atom is -0.406 e. The van der Waals surface area contributed by atoms with Gasteiger partial charge in [-0.05, 0) is 31.5 Å². The summed E-state index contributed by atoms with van der Waals surface area (Å²) in [7, 11) is 0. The molecule has 134 valence electrons. The molecule has 3 rings (SSSR count). The molecule has 24 heavy (non-hydrogen) atoms. The van der Waals surface area contributed by atoms with Gasteiger partial charge < -0.3 is 20.4 Å². The zero-order chi connectivity index (χ0) is 15.2. The minimum atomic E-state index is -0.383. The third-order valence-electron chi connectivity index (χ3n) is 4.02. The Morgan fingerprint density at radius 1 is 1.08 bits per heavy atom. The summed E-state index contributed by atoms with van der Waals surface area (Å²) in [6, 6.07) is 9.82. The van der Waals surface area contributed by atoms with Crippen molar-refractivity contribution < 1.29 is 4.42 Å². The number of halogens is 2. The molecule has 0 amide bonds. The zero-order valence-corrected chi connectivity index (χ0v) is 15.2. The lowest BCUT2D eigenvalue weighted by atomic mass is 10.1. The van der Waals surface area contributed by atoms with Crippen LogP contribution >= 0.6 is 24.8 Å². The van der Waals surface area contributed by atoms with E-state index < -0.39 is 0 Å². The van der Waals surface area contributed by atoms with Gasteiger partial charge in [-0.1, -0.05) is 41.9 Å². The van der Waals surface area contributed by atoms with Crippen LogP contribution in [0.4, 0.5) is 6.01 Å². The highest BCUT2D eigenvalue weighted by molar-refractivity contribution is 5.85. The molecule has 8 heteroatoms. The molecule has 0 spiro atoms. The lowest BCUT2D eigenvalue weighted by Gasteiger charge is -2.26. The third-order valence-corrected chi connectivity index (χ3v) is 4.02. The predicted octanol–water partition coefficient (Wildman–Crippen LogP) is 2.86. The van der Waals surface area contributed by atoms with Crippen LogP contribution in [0.2, 0.25) is 0 Å². The van der Waals surface area contributed by atoms with E-state index >= 15 is 0 Å². The van der Waals surface area contributed by atoms with Gasteiger partial charge in [0, 0.05) is 13.1 Å². The van der Waals surface area contributed by atoms with Gasteiger partial charge in [0.25, 0.3) is 0 Å². The zero-order valence-electron chi connectivity index (χ0n) is 13.6. The van der Waals surface area contributed by atoms with Crippen LogP contribution in [0.25, 0.3) is 0 Å². The SMILES string of the molecule is Cl.Cl.N[C@H](c1ccccc1)c1nnc(NCCN2CCCCC2)o1. The summed E-state index contributed by atoms with van der Waals surface area (Å²) in [6.45, 7) is 4.19. The number of nitrogens with two attached hydrogens (primary N) is 1. The third kappa shape index (κ3) is 5.63. The maximum absolute atomic E-state index is 6.14. The van der Waals surface area contributed by atoms with Crippen molar-refractivity contribution in [2.24, 2.45) is 5.73 Å². The van der Waals surface area contributed by atoms with Crippen molar-refractivity contribution in [3.63, 3.8) is 0 Å². The highest BCUT2D eigenvalue weighted by Crippen LogP contribution is 2.19. The van der Waals surface area contributed by atoms with E-state index in [1.807, 2.05) is 30.3 Å². The summed E-state index contributed by atoms with van der Waals surface area (Å²) in [5.41, 5.74) is 7.11. The summed E-state index contributed by atoms with van der Waals surface area (Å²) in [5.74, 6) is 0.437. The van der Waals surface area contributed by atoms with Crippen molar-refractivity contribution in [2.45, 2.75) is 25.3 Å². The van der Waals surface area contributed by atoms with Gasteiger partial charge in [-0.25, -0.2) is 0 Å². The smallest absolute Gasteiger partial charge is 0.315 e. The Bertz CT molecular complexity index is 575. The van der Waals surface area contributed by atoms with Gasteiger partial charge in [0.15, 0.2) is 0 Å². The quantitative estimate of drug-likeness (QED) is 0.810. The molecular formula is C16H25Cl2N5O. The summed E-state index contributed by atoms with van der Waals surface area (Å²) in [4.78, 5) is 2.46. The number of hydrogen-bond acceptors (Lipinski definition) is 6. The van der Waals surface area contributed by atoms with E-state index in [0.717, 1.165) is 18.7 Å². The van der Waals surface area contributed by atoms with Crippen LogP contribution in [-0.2, 0) is 0 Å². The lowest BCUT2D eigenvalue weighted by Crippen LogP contribution is -2.33. The number of anilines is 1. The second-order valence-electron chi connectivity index (χ2n) is 5.66. The fraction of sp³-hybridized carbons (Fsp3) is 0.500. The van der Waals surface area contributed by atoms with Crippen molar-refractivity contribution in [1.29, 1.82) is 0 Å². The first-order chi connectivity index (χ1) is 10.8. The summed E-state index contributed by atoms with van der Waals surface area (Å²) < 4.78 is 5.61. The van der Waals surface area contributed by atoms with Crippen molar-refractivity contribution in [3.05, 3.63) is 41.8 Å². The van der Waals surface area contributed by atoms with E-state index in [9.17, 15) is 0 Å². The molecule has 3 N–H and O–H groups in total. The first-order valence-corrected chi connectivity index (χ1v) is 7.93. The van der Waals surface area contributed by atoms with Crippen molar-refractivity contribution in [1.82, 2.24) is 15.1 Å². The Balaban J connectivity index is 0.00000144. The van der Waals surface area contributed by atoms with E-state index in [2.05, 4.69) is 20.4 Å². The molecule has 1 aliphatic rings. The Kier molecular flexibility index (Phi) is 9.07. The van der Waals surface area contributed by atoms with Gasteiger partial charge in [-0.15, -0.1) is 29.9 Å². The normalized spacial score (nSPS) is 15.9. The fourth-order valence-corrected chi connectivity index (χ4v) is 2.74. The maximum atomic E-state index is 6.14. The summed E-state index contributed by atoms with van der Waals surface area (Å²) in [6.07, 6.45) is 3.96. The van der Waals surface area contributed by atoms with E-state index in [-0.39, 0.29) is 30.9 Å². The number of benzene rings is 1. The number of rotatable bonds is 6. The van der Waals surface area contributed by atoms with Crippen LogP contribution < -0.4 is 11.1 Å². The topological polar surface area (TPSA) is 80.2 Å². The van der Waals surface area contributed by atoms with Crippen LogP contribution in [0.3, 0.4) is 0 Å². The molecule has 1 aliphatic heterocycles. The fourth-order valence-electron chi connectivity index (χ4n) is 2.74. The number of likely N-dealkylation sites (tertiary alicyclic amines) is 1. The predicted molar refractivity (Wildman–Crippen MR) is 100 cm³/mol. The average molecular weight is 374 g/mol. The van der Waals surface area contributed by atoms with Crippen molar-refractivity contribution >= 4 is 30.8 Å². The number of nitrogens with one attached hydrogen (secondary N) is 1. The van der Waals surface area contributed by atoms with Gasteiger partial charge >= 0.3 is 6.01 Å². The standard InChI is InChI=1S/C16H23N5O.2ClH/c17-14(13-7-3-1-4-8-13)15-19-20-16(22-15)18-9-12-21-10-5-2-6-11-21;;/h1,3-4,7-8,14H,2,5-6,9-12,17H2,(H,18,20);2*1H/t14-;;/m1../s1. The van der Waals surface area contributed by atoms with E-state index in [1.165, 1.54) is 32.4 Å². The minimum absolute atomic E-state index is 0. The van der Waals surface area contributed by atoms with Gasteiger partial charge in [0.1, 0.15) is 6.04 Å². The molecular weight excluding hydrogens is 349 g/mol. The number of hydrogen-bond donors (Lipinski definition) is 2. The van der Waals surface area contributed by atoms with Crippen LogP contribution in [-0.4, -0.2) is 41.3 Å². The molecule has 0 aliphatic carbocycles. The monoisotopic (exact) mass is 373 g/mol. The van der Waals surface area contributed by atoms with Gasteiger partial charge in [-0.2, -0.15) is 0 Å². The highest BCUT2D eigenvalue weighted by atomic mass is 35.5. The molecule has 2 aromatic rings. The Morgan fingerprint density at radius 3 is 2.50 bits per heavy atom. The molecule has 0 unspecified atom stereocenters.